The maximum Gasteiger partial charge on any atom is 0.0546 e. The van der Waals surface area contributed by atoms with Crippen LogP contribution in [-0.4, -0.2) is 4.98 Å². The summed E-state index contributed by atoms with van der Waals surface area (Å²) in [5.41, 5.74) is 5.84. The standard InChI is InChI=1S/C41H26N2S/c1-2-8-27(9-3-1)28-16-18-31(19-17-28)43(32-20-21-39-37(25-32)35-22-23-42-26-40(35)44-39)38-24-30-15-14-29-10-4-5-11-33(29)41(30)36-13-7-6-12-34(36)38/h1-26H. The Morgan fingerprint density at radius 3 is 2.02 bits per heavy atom. The van der Waals surface area contributed by atoms with Crippen LogP contribution >= 0.6 is 11.3 Å². The summed E-state index contributed by atoms with van der Waals surface area (Å²) in [6.07, 6.45) is 3.86. The van der Waals surface area contributed by atoms with E-state index >= 15 is 0 Å². The normalized spacial score (nSPS) is 11.6. The minimum absolute atomic E-state index is 1.12. The minimum Gasteiger partial charge on any atom is -0.310 e. The maximum atomic E-state index is 4.38. The molecule has 0 bridgehead atoms. The lowest BCUT2D eigenvalue weighted by Crippen LogP contribution is -2.10. The average molecular weight is 579 g/mol. The summed E-state index contributed by atoms with van der Waals surface area (Å²) in [5, 5.41) is 10.1. The number of hydrogen-bond donors (Lipinski definition) is 0. The topological polar surface area (TPSA) is 16.1 Å². The van der Waals surface area contributed by atoms with Gasteiger partial charge in [0, 0.05) is 44.6 Å². The van der Waals surface area contributed by atoms with Crippen molar-refractivity contribution >= 4 is 80.9 Å². The monoisotopic (exact) mass is 578 g/mol. The molecule has 9 aromatic rings. The number of thiophene rings is 1. The van der Waals surface area contributed by atoms with Crippen molar-refractivity contribution in [3.05, 3.63) is 158 Å². The highest BCUT2D eigenvalue weighted by Crippen LogP contribution is 2.45. The molecule has 0 saturated heterocycles. The average Bonchev–Trinajstić information content (AvgIpc) is 3.47. The SMILES string of the molecule is c1ccc(-c2ccc(N(c3ccc4sc5cnccc5c4c3)c3cc4ccc5ccccc5c4c4ccccc34)cc2)cc1. The van der Waals surface area contributed by atoms with Crippen molar-refractivity contribution < 1.29 is 0 Å². The molecule has 0 atom stereocenters. The van der Waals surface area contributed by atoms with Crippen LogP contribution in [0.25, 0.3) is 63.6 Å². The molecule has 0 N–H and O–H groups in total. The third-order valence-electron chi connectivity index (χ3n) is 8.72. The van der Waals surface area contributed by atoms with Gasteiger partial charge in [0.2, 0.25) is 0 Å². The van der Waals surface area contributed by atoms with Crippen molar-refractivity contribution in [1.82, 2.24) is 4.98 Å². The first-order valence-corrected chi connectivity index (χ1v) is 15.7. The van der Waals surface area contributed by atoms with Gasteiger partial charge in [0.15, 0.2) is 0 Å². The van der Waals surface area contributed by atoms with E-state index in [2.05, 4.69) is 155 Å². The first kappa shape index (κ1) is 25.0. The van der Waals surface area contributed by atoms with Crippen molar-refractivity contribution in [2.45, 2.75) is 0 Å². The zero-order chi connectivity index (χ0) is 29.0. The van der Waals surface area contributed by atoms with Crippen molar-refractivity contribution in [2.75, 3.05) is 4.90 Å². The molecule has 0 fully saturated rings. The second-order valence-corrected chi connectivity index (χ2v) is 12.3. The molecule has 2 heterocycles. The van der Waals surface area contributed by atoms with Gasteiger partial charge in [-0.25, -0.2) is 0 Å². The zero-order valence-electron chi connectivity index (χ0n) is 23.8. The molecular formula is C41H26N2S. The van der Waals surface area contributed by atoms with Gasteiger partial charge in [-0.15, -0.1) is 11.3 Å². The quantitative estimate of drug-likeness (QED) is 0.193. The Kier molecular flexibility index (Phi) is 5.71. The van der Waals surface area contributed by atoms with E-state index in [9.17, 15) is 0 Å². The van der Waals surface area contributed by atoms with Gasteiger partial charge < -0.3 is 4.90 Å². The molecule has 9 rings (SSSR count). The number of fused-ring (bicyclic) bond motifs is 8. The lowest BCUT2D eigenvalue weighted by atomic mass is 9.94. The third kappa shape index (κ3) is 3.98. The highest BCUT2D eigenvalue weighted by molar-refractivity contribution is 7.25. The fraction of sp³-hybridized carbons (Fsp3) is 0. The Morgan fingerprint density at radius 1 is 0.455 bits per heavy atom. The molecule has 44 heavy (non-hydrogen) atoms. The van der Waals surface area contributed by atoms with Crippen molar-refractivity contribution in [3.63, 3.8) is 0 Å². The maximum absolute atomic E-state index is 4.38. The second kappa shape index (κ2) is 10.0. The Bertz CT molecular complexity index is 2490. The highest BCUT2D eigenvalue weighted by Gasteiger charge is 2.19. The molecule has 206 valence electrons. The van der Waals surface area contributed by atoms with E-state index in [0.29, 0.717) is 0 Å². The van der Waals surface area contributed by atoms with E-state index < -0.39 is 0 Å². The molecule has 2 aromatic heterocycles. The third-order valence-corrected chi connectivity index (χ3v) is 9.84. The van der Waals surface area contributed by atoms with Crippen LogP contribution in [-0.2, 0) is 0 Å². The first-order chi connectivity index (χ1) is 21.8. The number of anilines is 3. The van der Waals surface area contributed by atoms with Crippen LogP contribution in [0.1, 0.15) is 0 Å². The highest BCUT2D eigenvalue weighted by atomic mass is 32.1. The molecular weight excluding hydrogens is 553 g/mol. The van der Waals surface area contributed by atoms with Crippen LogP contribution in [0.4, 0.5) is 17.1 Å². The molecule has 0 aliphatic rings. The Morgan fingerprint density at radius 2 is 1.16 bits per heavy atom. The van der Waals surface area contributed by atoms with E-state index in [1.54, 1.807) is 11.3 Å². The van der Waals surface area contributed by atoms with Crippen LogP contribution in [0.5, 0.6) is 0 Å². The minimum atomic E-state index is 1.12. The van der Waals surface area contributed by atoms with Crippen LogP contribution in [0, 0.1) is 0 Å². The van der Waals surface area contributed by atoms with E-state index in [4.69, 9.17) is 0 Å². The Labute approximate surface area is 259 Å². The van der Waals surface area contributed by atoms with Crippen molar-refractivity contribution in [3.8, 4) is 11.1 Å². The number of aromatic nitrogens is 1. The number of benzene rings is 7. The molecule has 0 spiro atoms. The lowest BCUT2D eigenvalue weighted by Gasteiger charge is -2.28. The molecule has 0 amide bonds. The van der Waals surface area contributed by atoms with E-state index in [1.807, 2.05) is 12.4 Å². The summed E-state index contributed by atoms with van der Waals surface area (Å²) in [5.74, 6) is 0. The Balaban J connectivity index is 1.33. The predicted octanol–water partition coefficient (Wildman–Crippen LogP) is 12.0. The number of rotatable bonds is 4. The lowest BCUT2D eigenvalue weighted by molar-refractivity contribution is 1.31. The van der Waals surface area contributed by atoms with Gasteiger partial charge >= 0.3 is 0 Å². The number of hydrogen-bond acceptors (Lipinski definition) is 3. The summed E-state index contributed by atoms with van der Waals surface area (Å²) in [6, 6.07) is 53.0. The molecule has 7 aromatic carbocycles. The van der Waals surface area contributed by atoms with Crippen molar-refractivity contribution in [1.29, 1.82) is 0 Å². The molecule has 3 heteroatoms. The molecule has 0 unspecified atom stereocenters. The van der Waals surface area contributed by atoms with E-state index in [-0.39, 0.29) is 0 Å². The van der Waals surface area contributed by atoms with Crippen LogP contribution in [0.15, 0.2) is 158 Å². The van der Waals surface area contributed by atoms with Gasteiger partial charge in [0.05, 0.1) is 10.4 Å². The summed E-state index contributed by atoms with van der Waals surface area (Å²) >= 11 is 1.80. The predicted molar refractivity (Wildman–Crippen MR) is 190 cm³/mol. The fourth-order valence-electron chi connectivity index (χ4n) is 6.66. The second-order valence-electron chi connectivity index (χ2n) is 11.2. The van der Waals surface area contributed by atoms with Gasteiger partial charge in [-0.1, -0.05) is 103 Å². The molecule has 0 saturated carbocycles. The van der Waals surface area contributed by atoms with E-state index in [0.717, 1.165) is 17.1 Å². The fourth-order valence-corrected chi connectivity index (χ4v) is 7.72. The molecule has 0 aliphatic heterocycles. The number of pyridine rings is 1. The molecule has 0 aliphatic carbocycles. The first-order valence-electron chi connectivity index (χ1n) is 14.9. The Hall–Kier alpha value is -5.51. The van der Waals surface area contributed by atoms with Gasteiger partial charge in [-0.2, -0.15) is 0 Å². The van der Waals surface area contributed by atoms with Gasteiger partial charge in [0.1, 0.15) is 0 Å². The van der Waals surface area contributed by atoms with Gasteiger partial charge in [0.25, 0.3) is 0 Å². The van der Waals surface area contributed by atoms with Gasteiger partial charge in [-0.3, -0.25) is 4.98 Å². The summed E-state index contributed by atoms with van der Waals surface area (Å²) < 4.78 is 2.48. The van der Waals surface area contributed by atoms with Crippen molar-refractivity contribution in [2.24, 2.45) is 0 Å². The summed E-state index contributed by atoms with van der Waals surface area (Å²) in [4.78, 5) is 6.81. The summed E-state index contributed by atoms with van der Waals surface area (Å²) in [7, 11) is 0. The number of nitrogens with zero attached hydrogens (tertiary/aromatic N) is 2. The smallest absolute Gasteiger partial charge is 0.0546 e. The van der Waals surface area contributed by atoms with E-state index in [1.165, 1.54) is 63.6 Å². The van der Waals surface area contributed by atoms with Crippen LogP contribution in [0.2, 0.25) is 0 Å². The van der Waals surface area contributed by atoms with Crippen LogP contribution in [0.3, 0.4) is 0 Å². The summed E-state index contributed by atoms with van der Waals surface area (Å²) in [6.45, 7) is 0. The molecule has 2 nitrogen and oxygen atoms in total. The molecule has 0 radical (unpaired) electrons. The zero-order valence-corrected chi connectivity index (χ0v) is 24.6. The largest absolute Gasteiger partial charge is 0.310 e. The van der Waals surface area contributed by atoms with Gasteiger partial charge in [-0.05, 0) is 80.5 Å². The van der Waals surface area contributed by atoms with Crippen LogP contribution < -0.4 is 4.90 Å².